The molecule has 8 aromatic carbocycles. The van der Waals surface area contributed by atoms with Crippen molar-refractivity contribution in [2.75, 3.05) is 4.90 Å². The van der Waals surface area contributed by atoms with Gasteiger partial charge in [-0.25, -0.2) is 0 Å². The normalized spacial score (nSPS) is 15.8. The van der Waals surface area contributed by atoms with Crippen LogP contribution in [-0.4, -0.2) is 0 Å². The van der Waals surface area contributed by atoms with Crippen molar-refractivity contribution in [3.05, 3.63) is 188 Å². The highest BCUT2D eigenvalue weighted by molar-refractivity contribution is 6.01. The Balaban J connectivity index is 1.55. The fraction of sp³-hybridized carbons (Fsp3) is 0. The molecule has 0 radical (unpaired) electrons. The molecule has 8 rings (SSSR count). The van der Waals surface area contributed by atoms with Gasteiger partial charge in [-0.3, -0.25) is 0 Å². The van der Waals surface area contributed by atoms with E-state index >= 15 is 0 Å². The third-order valence-corrected chi connectivity index (χ3v) is 7.50. The fourth-order valence-corrected chi connectivity index (χ4v) is 5.37. The van der Waals surface area contributed by atoms with Crippen molar-refractivity contribution >= 4 is 38.6 Å². The quantitative estimate of drug-likeness (QED) is 0.187. The Morgan fingerprint density at radius 3 is 1.98 bits per heavy atom. The van der Waals surface area contributed by atoms with Crippen molar-refractivity contribution in [2.24, 2.45) is 0 Å². The zero-order valence-electron chi connectivity index (χ0n) is 38.7. The lowest BCUT2D eigenvalue weighted by molar-refractivity contribution is 1.30. The van der Waals surface area contributed by atoms with Crippen LogP contribution < -0.4 is 4.90 Å². The molecule has 45 heavy (non-hydrogen) atoms. The van der Waals surface area contributed by atoms with Gasteiger partial charge in [0, 0.05) is 16.8 Å². The van der Waals surface area contributed by atoms with Gasteiger partial charge in [0.1, 0.15) is 0 Å². The second-order valence-corrected chi connectivity index (χ2v) is 10.2. The second-order valence-electron chi connectivity index (χ2n) is 10.2. The Labute approximate surface area is 285 Å². The standard InChI is InChI=1S/C44H31N/c1-2-12-32(13-3-1)36-18-8-19-37(30-36)33-26-28-39(29-27-33)45(44-25-11-17-35-15-5-7-23-43(35)44)40-21-9-20-38(31-40)42-24-10-16-34-14-4-6-22-41(34)42/h1-31H/i5D,7D,9D,11D,15D,17D,20D,21D,23D,25D,26D,27D,28D,29D,31D. The number of benzene rings is 8. The van der Waals surface area contributed by atoms with Crippen molar-refractivity contribution < 1.29 is 20.6 Å². The summed E-state index contributed by atoms with van der Waals surface area (Å²) in [5.41, 5.74) is 0.0254. The summed E-state index contributed by atoms with van der Waals surface area (Å²) in [5.74, 6) is 0. The van der Waals surface area contributed by atoms with E-state index in [1.165, 1.54) is 0 Å². The first kappa shape index (κ1) is 15.2. The number of hydrogen-bond donors (Lipinski definition) is 0. The highest BCUT2D eigenvalue weighted by Crippen LogP contribution is 2.41. The Kier molecular flexibility index (Phi) is 3.93. The van der Waals surface area contributed by atoms with Gasteiger partial charge in [0.15, 0.2) is 0 Å². The predicted molar refractivity (Wildman–Crippen MR) is 192 cm³/mol. The molecule has 0 saturated heterocycles. The van der Waals surface area contributed by atoms with E-state index in [9.17, 15) is 9.60 Å². The van der Waals surface area contributed by atoms with Gasteiger partial charge in [-0.2, -0.15) is 0 Å². The molecule has 1 heteroatoms. The van der Waals surface area contributed by atoms with E-state index in [0.717, 1.165) is 21.4 Å². The molecule has 0 aliphatic carbocycles. The number of anilines is 3. The second kappa shape index (κ2) is 11.6. The molecule has 8 aromatic rings. The monoisotopic (exact) mass is 588 g/mol. The molecule has 1 nitrogen and oxygen atoms in total. The predicted octanol–water partition coefficient (Wildman–Crippen LogP) is 12.5. The summed E-state index contributed by atoms with van der Waals surface area (Å²) in [6.07, 6.45) is 0. The van der Waals surface area contributed by atoms with Crippen molar-refractivity contribution in [1.82, 2.24) is 0 Å². The third-order valence-electron chi connectivity index (χ3n) is 7.50. The van der Waals surface area contributed by atoms with Crippen molar-refractivity contribution in [2.45, 2.75) is 0 Å². The van der Waals surface area contributed by atoms with Crippen LogP contribution in [0.15, 0.2) is 188 Å². The molecule has 0 aliphatic rings. The SMILES string of the molecule is [2H]c1c([2H])c(-c2cccc3ccccc23)c([2H])c(N(c2c([2H])c([2H])c(-c3cccc(-c4ccccc4)c3)c([2H])c2[2H])c2c([2H])c([2H])c([2H])c3c([2H])c([2H])c([2H])c([2H])c23)c1[2H]. The maximum absolute atomic E-state index is 9.77. The maximum Gasteiger partial charge on any atom is 0.0651 e. The molecule has 212 valence electrons. The minimum Gasteiger partial charge on any atom is -0.310 e. The van der Waals surface area contributed by atoms with E-state index in [4.69, 9.17) is 11.0 Å². The Morgan fingerprint density at radius 2 is 1.09 bits per heavy atom. The molecule has 0 fully saturated rings. The van der Waals surface area contributed by atoms with Crippen LogP contribution in [0.4, 0.5) is 17.1 Å². The Morgan fingerprint density at radius 1 is 0.400 bits per heavy atom. The van der Waals surface area contributed by atoms with E-state index in [1.54, 1.807) is 48.5 Å². The van der Waals surface area contributed by atoms with Crippen LogP contribution in [0, 0.1) is 0 Å². The molecule has 0 N–H and O–H groups in total. The Hall–Kier alpha value is -5.92. The van der Waals surface area contributed by atoms with Gasteiger partial charge in [0.2, 0.25) is 0 Å². The first-order chi connectivity index (χ1) is 28.6. The highest BCUT2D eigenvalue weighted by Gasteiger charge is 2.17. The molecule has 0 bridgehead atoms. The molecule has 0 heterocycles. The molecular weight excluding hydrogens is 542 g/mol. The largest absolute Gasteiger partial charge is 0.310 e. The van der Waals surface area contributed by atoms with E-state index in [0.29, 0.717) is 16.5 Å². The molecule has 0 atom stereocenters. The average Bonchev–Trinajstić information content (AvgIpc) is 3.25. The number of fused-ring (bicyclic) bond motifs is 2. The molecule has 0 unspecified atom stereocenters. The van der Waals surface area contributed by atoms with E-state index in [-0.39, 0.29) is 11.1 Å². The zero-order valence-corrected chi connectivity index (χ0v) is 23.7. The molecular formula is C44H31N. The van der Waals surface area contributed by atoms with Gasteiger partial charge >= 0.3 is 0 Å². The van der Waals surface area contributed by atoms with Crippen LogP contribution in [0.1, 0.15) is 20.6 Å². The van der Waals surface area contributed by atoms with Crippen LogP contribution in [0.25, 0.3) is 54.9 Å². The topological polar surface area (TPSA) is 3.24 Å². The minimum absolute atomic E-state index is 0.108. The first-order valence-corrected chi connectivity index (χ1v) is 14.2. The molecule has 0 saturated carbocycles. The third kappa shape index (κ3) is 5.15. The summed E-state index contributed by atoms with van der Waals surface area (Å²) in [4.78, 5) is 0.810. The van der Waals surface area contributed by atoms with Gasteiger partial charge in [0.25, 0.3) is 0 Å². The van der Waals surface area contributed by atoms with Gasteiger partial charge in [-0.05, 0) is 85.8 Å². The van der Waals surface area contributed by atoms with Gasteiger partial charge in [-0.1, -0.05) is 151 Å². The fourth-order valence-electron chi connectivity index (χ4n) is 5.37. The molecule has 0 aliphatic heterocycles. The zero-order chi connectivity index (χ0) is 43.1. The van der Waals surface area contributed by atoms with Crippen LogP contribution in [0.5, 0.6) is 0 Å². The number of nitrogens with zero attached hydrogens (tertiary/aromatic N) is 1. The van der Waals surface area contributed by atoms with Crippen molar-refractivity contribution in [1.29, 1.82) is 0 Å². The van der Waals surface area contributed by atoms with Crippen LogP contribution in [0.3, 0.4) is 0 Å². The average molecular weight is 589 g/mol. The van der Waals surface area contributed by atoms with E-state index < -0.39 is 118 Å². The van der Waals surface area contributed by atoms with Gasteiger partial charge < -0.3 is 4.90 Å². The van der Waals surface area contributed by atoms with Gasteiger partial charge in [0.05, 0.1) is 26.2 Å². The van der Waals surface area contributed by atoms with E-state index in [1.807, 2.05) is 48.5 Å². The summed E-state index contributed by atoms with van der Waals surface area (Å²) < 4.78 is 137. The maximum atomic E-state index is 9.77. The summed E-state index contributed by atoms with van der Waals surface area (Å²) >= 11 is 0. The van der Waals surface area contributed by atoms with Gasteiger partial charge in [-0.15, -0.1) is 0 Å². The lowest BCUT2D eigenvalue weighted by atomic mass is 9.97. The lowest BCUT2D eigenvalue weighted by Crippen LogP contribution is -2.10. The summed E-state index contributed by atoms with van der Waals surface area (Å²) in [6.45, 7) is 0. The van der Waals surface area contributed by atoms with Crippen LogP contribution >= 0.6 is 0 Å². The van der Waals surface area contributed by atoms with Crippen LogP contribution in [-0.2, 0) is 0 Å². The van der Waals surface area contributed by atoms with Crippen molar-refractivity contribution in [3.63, 3.8) is 0 Å². The summed E-state index contributed by atoms with van der Waals surface area (Å²) in [6, 6.07) is 17.7. The number of hydrogen-bond acceptors (Lipinski definition) is 1. The summed E-state index contributed by atoms with van der Waals surface area (Å²) in [7, 11) is 0. The lowest BCUT2D eigenvalue weighted by Gasteiger charge is -2.27. The Bertz CT molecular complexity index is 3070. The molecule has 0 amide bonds. The summed E-state index contributed by atoms with van der Waals surface area (Å²) in [5, 5.41) is 0.286. The highest BCUT2D eigenvalue weighted by atomic mass is 15.1. The number of rotatable bonds is 6. The molecule has 0 spiro atoms. The van der Waals surface area contributed by atoms with Crippen molar-refractivity contribution in [3.8, 4) is 33.4 Å². The minimum atomic E-state index is -0.846. The van der Waals surface area contributed by atoms with E-state index in [2.05, 4.69) is 0 Å². The first-order valence-electron chi connectivity index (χ1n) is 21.7. The van der Waals surface area contributed by atoms with Crippen LogP contribution in [0.2, 0.25) is 0 Å². The smallest absolute Gasteiger partial charge is 0.0651 e. The molecule has 0 aromatic heterocycles.